The number of carbonyl (C=O) groups is 1. The maximum absolute atomic E-state index is 10.7. The quantitative estimate of drug-likeness (QED) is 0.904. The summed E-state index contributed by atoms with van der Waals surface area (Å²) in [5, 5.41) is 8.78. The smallest absolute Gasteiger partial charge is 0.307 e. The van der Waals surface area contributed by atoms with Crippen LogP contribution in [0.15, 0.2) is 42.5 Å². The Balaban J connectivity index is 2.07. The molecule has 2 rings (SSSR count). The van der Waals surface area contributed by atoms with Gasteiger partial charge in [0, 0.05) is 0 Å². The summed E-state index contributed by atoms with van der Waals surface area (Å²) in [5.74, 6) is -0.0274. The molecule has 1 N–H and O–H groups in total. The van der Waals surface area contributed by atoms with Gasteiger partial charge >= 0.3 is 5.97 Å². The van der Waals surface area contributed by atoms with Gasteiger partial charge in [-0.05, 0) is 42.2 Å². The van der Waals surface area contributed by atoms with E-state index >= 15 is 0 Å². The molecule has 0 unspecified atom stereocenters. The molecule has 2 aromatic carbocycles. The Bertz CT molecular complexity index is 617. The average molecular weight is 270 g/mol. The number of ether oxygens (including phenoxy) is 1. The summed E-state index contributed by atoms with van der Waals surface area (Å²) in [6.07, 6.45) is 0.0406. The summed E-state index contributed by atoms with van der Waals surface area (Å²) < 4.78 is 5.82. The predicted octanol–water partition coefficient (Wildman–Crippen LogP) is 3.51. The van der Waals surface area contributed by atoms with Crippen LogP contribution in [0, 0.1) is 13.8 Å². The highest BCUT2D eigenvalue weighted by molar-refractivity contribution is 5.70. The third-order valence-corrected chi connectivity index (χ3v) is 3.24. The second kappa shape index (κ2) is 6.24. The van der Waals surface area contributed by atoms with Crippen molar-refractivity contribution in [2.45, 2.75) is 26.9 Å². The fraction of sp³-hybridized carbons (Fsp3) is 0.235. The van der Waals surface area contributed by atoms with Crippen LogP contribution >= 0.6 is 0 Å². The molecule has 0 aliphatic carbocycles. The number of hydrogen-bond donors (Lipinski definition) is 1. The molecule has 0 aromatic heterocycles. The minimum atomic E-state index is -0.821. The molecular weight excluding hydrogens is 252 g/mol. The molecule has 0 aliphatic rings. The van der Waals surface area contributed by atoms with Crippen LogP contribution in [-0.2, 0) is 17.8 Å². The maximum Gasteiger partial charge on any atom is 0.307 e. The van der Waals surface area contributed by atoms with E-state index < -0.39 is 5.97 Å². The zero-order valence-corrected chi connectivity index (χ0v) is 11.7. The van der Waals surface area contributed by atoms with E-state index in [9.17, 15) is 4.79 Å². The van der Waals surface area contributed by atoms with Gasteiger partial charge in [0.1, 0.15) is 12.4 Å². The Kier molecular flexibility index (Phi) is 4.41. The van der Waals surface area contributed by atoms with Gasteiger partial charge in [-0.25, -0.2) is 0 Å². The summed E-state index contributed by atoms with van der Waals surface area (Å²) in [5.41, 5.74) is 4.10. The van der Waals surface area contributed by atoms with E-state index in [1.807, 2.05) is 37.3 Å². The topological polar surface area (TPSA) is 46.5 Å². The zero-order chi connectivity index (χ0) is 14.5. The minimum absolute atomic E-state index is 0.0406. The van der Waals surface area contributed by atoms with Crippen LogP contribution in [-0.4, -0.2) is 11.1 Å². The first-order valence-corrected chi connectivity index (χ1v) is 6.55. The van der Waals surface area contributed by atoms with E-state index in [4.69, 9.17) is 9.84 Å². The highest BCUT2D eigenvalue weighted by Crippen LogP contribution is 2.21. The Morgan fingerprint density at radius 3 is 2.50 bits per heavy atom. The number of carboxylic acid groups (broad SMARTS) is 1. The van der Waals surface area contributed by atoms with Crippen molar-refractivity contribution in [1.29, 1.82) is 0 Å². The van der Waals surface area contributed by atoms with Gasteiger partial charge in [-0.3, -0.25) is 4.79 Å². The van der Waals surface area contributed by atoms with Gasteiger partial charge in [0.25, 0.3) is 0 Å². The number of carboxylic acids is 1. The van der Waals surface area contributed by atoms with E-state index in [-0.39, 0.29) is 6.42 Å². The lowest BCUT2D eigenvalue weighted by Crippen LogP contribution is -2.02. The molecule has 0 amide bonds. The lowest BCUT2D eigenvalue weighted by Gasteiger charge is -2.11. The van der Waals surface area contributed by atoms with Crippen molar-refractivity contribution in [3.63, 3.8) is 0 Å². The van der Waals surface area contributed by atoms with Crippen LogP contribution in [0.4, 0.5) is 0 Å². The third kappa shape index (κ3) is 3.60. The fourth-order valence-electron chi connectivity index (χ4n) is 2.09. The van der Waals surface area contributed by atoms with Crippen LogP contribution < -0.4 is 4.74 Å². The zero-order valence-electron chi connectivity index (χ0n) is 11.7. The molecule has 0 atom stereocenters. The van der Waals surface area contributed by atoms with Crippen LogP contribution in [0.5, 0.6) is 5.75 Å². The Morgan fingerprint density at radius 2 is 1.85 bits per heavy atom. The van der Waals surface area contributed by atoms with Gasteiger partial charge in [0.05, 0.1) is 6.42 Å². The van der Waals surface area contributed by atoms with Gasteiger partial charge in [0.2, 0.25) is 0 Å². The van der Waals surface area contributed by atoms with Gasteiger partial charge in [-0.1, -0.05) is 36.4 Å². The Morgan fingerprint density at radius 1 is 1.10 bits per heavy atom. The van der Waals surface area contributed by atoms with Crippen molar-refractivity contribution in [3.8, 4) is 5.75 Å². The first-order chi connectivity index (χ1) is 9.56. The Hall–Kier alpha value is -2.29. The maximum atomic E-state index is 10.7. The van der Waals surface area contributed by atoms with Gasteiger partial charge in [-0.15, -0.1) is 0 Å². The molecule has 0 radical (unpaired) electrons. The second-order valence-electron chi connectivity index (χ2n) is 4.89. The molecular formula is C17H18O3. The normalized spacial score (nSPS) is 10.3. The molecule has 0 saturated heterocycles. The molecule has 0 saturated carbocycles. The van der Waals surface area contributed by atoms with E-state index in [2.05, 4.69) is 13.0 Å². The number of benzene rings is 2. The standard InChI is InChI=1S/C17H18O3/c1-12-5-3-4-6-15(12)11-20-16-8-7-14(9-13(16)2)10-17(18)19/h3-9H,10-11H2,1-2H3,(H,18,19). The van der Waals surface area contributed by atoms with Gasteiger partial charge in [-0.2, -0.15) is 0 Å². The van der Waals surface area contributed by atoms with Crippen LogP contribution in [0.25, 0.3) is 0 Å². The molecule has 2 aromatic rings. The Labute approximate surface area is 118 Å². The van der Waals surface area contributed by atoms with Crippen LogP contribution in [0.3, 0.4) is 0 Å². The van der Waals surface area contributed by atoms with Crippen molar-refractivity contribution < 1.29 is 14.6 Å². The van der Waals surface area contributed by atoms with Gasteiger partial charge in [0.15, 0.2) is 0 Å². The van der Waals surface area contributed by atoms with Crippen molar-refractivity contribution >= 4 is 5.97 Å². The molecule has 3 nitrogen and oxygen atoms in total. The molecule has 20 heavy (non-hydrogen) atoms. The fourth-order valence-corrected chi connectivity index (χ4v) is 2.09. The lowest BCUT2D eigenvalue weighted by molar-refractivity contribution is -0.136. The van der Waals surface area contributed by atoms with E-state index in [1.54, 1.807) is 6.07 Å². The van der Waals surface area contributed by atoms with Crippen molar-refractivity contribution in [1.82, 2.24) is 0 Å². The van der Waals surface area contributed by atoms with Gasteiger partial charge < -0.3 is 9.84 Å². The summed E-state index contributed by atoms with van der Waals surface area (Å²) in [7, 11) is 0. The molecule has 0 bridgehead atoms. The van der Waals surface area contributed by atoms with Crippen molar-refractivity contribution in [2.24, 2.45) is 0 Å². The molecule has 0 fully saturated rings. The average Bonchev–Trinajstić information content (AvgIpc) is 2.39. The lowest BCUT2D eigenvalue weighted by atomic mass is 10.1. The largest absolute Gasteiger partial charge is 0.489 e. The van der Waals surface area contributed by atoms with E-state index in [1.165, 1.54) is 5.56 Å². The first kappa shape index (κ1) is 14.1. The van der Waals surface area contributed by atoms with Crippen LogP contribution in [0.2, 0.25) is 0 Å². The number of aryl methyl sites for hydroxylation is 2. The third-order valence-electron chi connectivity index (χ3n) is 3.24. The SMILES string of the molecule is Cc1ccccc1COc1ccc(CC(=O)O)cc1C. The predicted molar refractivity (Wildman–Crippen MR) is 78.0 cm³/mol. The number of rotatable bonds is 5. The van der Waals surface area contributed by atoms with Crippen molar-refractivity contribution in [3.05, 3.63) is 64.7 Å². The number of aliphatic carboxylic acids is 1. The summed E-state index contributed by atoms with van der Waals surface area (Å²) in [6.45, 7) is 4.51. The van der Waals surface area contributed by atoms with Crippen molar-refractivity contribution in [2.75, 3.05) is 0 Å². The molecule has 0 aliphatic heterocycles. The molecule has 3 heteroatoms. The van der Waals surface area contributed by atoms with Crippen LogP contribution in [0.1, 0.15) is 22.3 Å². The summed E-state index contributed by atoms with van der Waals surface area (Å²) in [4.78, 5) is 10.7. The highest BCUT2D eigenvalue weighted by Gasteiger charge is 2.05. The molecule has 104 valence electrons. The van der Waals surface area contributed by atoms with E-state index in [0.29, 0.717) is 6.61 Å². The number of hydrogen-bond acceptors (Lipinski definition) is 2. The summed E-state index contributed by atoms with van der Waals surface area (Å²) in [6, 6.07) is 13.6. The second-order valence-corrected chi connectivity index (χ2v) is 4.89. The molecule has 0 spiro atoms. The summed E-state index contributed by atoms with van der Waals surface area (Å²) >= 11 is 0. The van der Waals surface area contributed by atoms with E-state index in [0.717, 1.165) is 22.4 Å². The highest BCUT2D eigenvalue weighted by atomic mass is 16.5. The minimum Gasteiger partial charge on any atom is -0.489 e. The monoisotopic (exact) mass is 270 g/mol. The first-order valence-electron chi connectivity index (χ1n) is 6.55. The molecule has 0 heterocycles.